The van der Waals surface area contributed by atoms with Gasteiger partial charge in [-0.25, -0.2) is 4.79 Å². The van der Waals surface area contributed by atoms with E-state index in [-0.39, 0.29) is 11.3 Å². The highest BCUT2D eigenvalue weighted by molar-refractivity contribution is 5.99. The summed E-state index contributed by atoms with van der Waals surface area (Å²) >= 11 is 0. The first-order chi connectivity index (χ1) is 17.8. The lowest BCUT2D eigenvalue weighted by molar-refractivity contribution is 0.373. The number of benzene rings is 3. The highest BCUT2D eigenvalue weighted by Gasteiger charge is 2.35. The second kappa shape index (κ2) is 8.16. The van der Waals surface area contributed by atoms with E-state index in [1.165, 1.54) is 14.2 Å². The van der Waals surface area contributed by atoms with Crippen molar-refractivity contribution in [3.63, 3.8) is 0 Å². The molecule has 0 radical (unpaired) electrons. The normalized spacial score (nSPS) is 14.2. The van der Waals surface area contributed by atoms with E-state index < -0.39 is 11.7 Å². The van der Waals surface area contributed by atoms with Crippen molar-refractivity contribution in [2.24, 2.45) is 14.1 Å². The molecule has 0 spiro atoms. The first-order valence-electron chi connectivity index (χ1n) is 12.0. The van der Waals surface area contributed by atoms with Crippen LogP contribution in [0.15, 0.2) is 76.3 Å². The molecule has 0 fully saturated rings. The molecule has 6 rings (SSSR count). The minimum absolute atomic E-state index is 0.0319. The lowest BCUT2D eigenvalue weighted by atomic mass is 9.99. The Morgan fingerprint density at radius 3 is 2.49 bits per heavy atom. The number of fused-ring (bicyclic) bond motifs is 5. The van der Waals surface area contributed by atoms with Crippen LogP contribution in [0.2, 0.25) is 0 Å². The van der Waals surface area contributed by atoms with Gasteiger partial charge in [0.2, 0.25) is 0 Å². The summed E-state index contributed by atoms with van der Waals surface area (Å²) < 4.78 is 10.2. The van der Waals surface area contributed by atoms with Crippen LogP contribution in [-0.2, 0) is 14.1 Å². The van der Waals surface area contributed by atoms with Gasteiger partial charge in [-0.2, -0.15) is 0 Å². The second-order valence-electron chi connectivity index (χ2n) is 9.39. The zero-order chi connectivity index (χ0) is 26.0. The second-order valence-corrected chi connectivity index (χ2v) is 9.39. The summed E-state index contributed by atoms with van der Waals surface area (Å²) in [7, 11) is 4.71. The fourth-order valence-electron chi connectivity index (χ4n) is 5.41. The fourth-order valence-corrected chi connectivity index (χ4v) is 5.41. The van der Waals surface area contributed by atoms with Crippen LogP contribution < -0.4 is 21.3 Å². The average Bonchev–Trinajstić information content (AvgIpc) is 3.27. The Morgan fingerprint density at radius 1 is 0.946 bits per heavy atom. The number of aromatic hydroxyl groups is 1. The van der Waals surface area contributed by atoms with Gasteiger partial charge < -0.3 is 19.7 Å². The number of nitrogens with one attached hydrogen (secondary N) is 1. The first kappa shape index (κ1) is 22.7. The largest absolute Gasteiger partial charge is 0.504 e. The van der Waals surface area contributed by atoms with Crippen molar-refractivity contribution in [3.05, 3.63) is 104 Å². The van der Waals surface area contributed by atoms with Gasteiger partial charge in [0, 0.05) is 14.1 Å². The predicted molar refractivity (Wildman–Crippen MR) is 144 cm³/mol. The third kappa shape index (κ3) is 3.22. The van der Waals surface area contributed by atoms with Crippen LogP contribution in [-0.4, -0.2) is 25.9 Å². The Kier molecular flexibility index (Phi) is 5.01. The molecule has 1 aliphatic heterocycles. The van der Waals surface area contributed by atoms with Gasteiger partial charge in [-0.05, 0) is 48.4 Å². The maximum absolute atomic E-state index is 13.8. The van der Waals surface area contributed by atoms with E-state index in [0.717, 1.165) is 44.0 Å². The van der Waals surface area contributed by atoms with E-state index in [9.17, 15) is 14.7 Å². The molecule has 1 atom stereocenters. The zero-order valence-corrected chi connectivity index (χ0v) is 20.9. The van der Waals surface area contributed by atoms with Crippen molar-refractivity contribution in [1.29, 1.82) is 0 Å². The molecule has 186 valence electrons. The summed E-state index contributed by atoms with van der Waals surface area (Å²) in [6.45, 7) is 2.01. The smallest absolute Gasteiger partial charge is 0.331 e. The van der Waals surface area contributed by atoms with Crippen LogP contribution in [0, 0.1) is 6.92 Å². The summed E-state index contributed by atoms with van der Waals surface area (Å²) in [6.07, 6.45) is 0. The Balaban J connectivity index is 1.84. The summed E-state index contributed by atoms with van der Waals surface area (Å²) in [5.74, 6) is 0.369. The molecule has 0 unspecified atom stereocenters. The Morgan fingerprint density at radius 2 is 1.73 bits per heavy atom. The molecule has 0 saturated heterocycles. The molecule has 3 aromatic carbocycles. The number of aryl methyl sites for hydroxylation is 2. The summed E-state index contributed by atoms with van der Waals surface area (Å²) in [5, 5.41) is 14.3. The van der Waals surface area contributed by atoms with Gasteiger partial charge in [0.15, 0.2) is 11.5 Å². The Bertz CT molecular complexity index is 1840. The third-order valence-corrected chi connectivity index (χ3v) is 7.16. The summed E-state index contributed by atoms with van der Waals surface area (Å²) in [4.78, 5) is 26.9. The van der Waals surface area contributed by atoms with Crippen LogP contribution >= 0.6 is 0 Å². The van der Waals surface area contributed by atoms with Crippen LogP contribution in [0.25, 0.3) is 27.8 Å². The minimum atomic E-state index is -0.442. The van der Waals surface area contributed by atoms with E-state index in [2.05, 4.69) is 16.0 Å². The molecule has 37 heavy (non-hydrogen) atoms. The number of para-hydroxylation sites is 2. The van der Waals surface area contributed by atoms with Crippen molar-refractivity contribution in [3.8, 4) is 28.4 Å². The number of phenolic OH excluding ortho intramolecular Hbond substituents is 1. The molecular weight excluding hydrogens is 468 g/mol. The molecule has 0 aliphatic carbocycles. The van der Waals surface area contributed by atoms with Gasteiger partial charge >= 0.3 is 5.69 Å². The average molecular weight is 495 g/mol. The van der Waals surface area contributed by atoms with E-state index in [1.807, 2.05) is 55.5 Å². The number of ether oxygens (including phenoxy) is 1. The van der Waals surface area contributed by atoms with Gasteiger partial charge in [-0.3, -0.25) is 13.9 Å². The van der Waals surface area contributed by atoms with Crippen LogP contribution in [0.3, 0.4) is 0 Å². The first-order valence-corrected chi connectivity index (χ1v) is 12.0. The summed E-state index contributed by atoms with van der Waals surface area (Å²) in [6, 6.07) is 20.7. The molecular formula is C29H26N4O4. The maximum atomic E-state index is 13.8. The molecule has 2 N–H and O–H groups in total. The van der Waals surface area contributed by atoms with Gasteiger partial charge in [0.05, 0.1) is 46.8 Å². The number of methoxy groups -OCH3 is 1. The monoisotopic (exact) mass is 494 g/mol. The molecule has 0 bridgehead atoms. The molecule has 8 heteroatoms. The van der Waals surface area contributed by atoms with E-state index in [0.29, 0.717) is 16.7 Å². The molecule has 0 saturated carbocycles. The zero-order valence-electron chi connectivity index (χ0n) is 20.9. The van der Waals surface area contributed by atoms with Gasteiger partial charge in [0.1, 0.15) is 0 Å². The molecule has 3 heterocycles. The van der Waals surface area contributed by atoms with Crippen molar-refractivity contribution in [1.82, 2.24) is 13.7 Å². The van der Waals surface area contributed by atoms with Crippen molar-refractivity contribution >= 4 is 16.6 Å². The quantitative estimate of drug-likeness (QED) is 0.392. The van der Waals surface area contributed by atoms with Gasteiger partial charge in [-0.1, -0.05) is 42.0 Å². The van der Waals surface area contributed by atoms with Gasteiger partial charge in [0.25, 0.3) is 5.56 Å². The van der Waals surface area contributed by atoms with Crippen molar-refractivity contribution in [2.75, 3.05) is 12.4 Å². The highest BCUT2D eigenvalue weighted by atomic mass is 16.5. The molecule has 1 aliphatic rings. The van der Waals surface area contributed by atoms with Crippen molar-refractivity contribution < 1.29 is 9.84 Å². The number of anilines is 1. The maximum Gasteiger partial charge on any atom is 0.331 e. The summed E-state index contributed by atoms with van der Waals surface area (Å²) in [5.41, 5.74) is 5.81. The highest BCUT2D eigenvalue weighted by Crippen LogP contribution is 2.46. The fraction of sp³-hybridized carbons (Fsp3) is 0.172. The molecule has 8 nitrogen and oxygen atoms in total. The van der Waals surface area contributed by atoms with Crippen LogP contribution in [0.4, 0.5) is 5.69 Å². The number of nitrogens with zero attached hydrogens (tertiary/aromatic N) is 3. The molecule has 2 aromatic heterocycles. The standard InChI is InChI=1S/C29H26N4O4/c1-16-8-7-9-18(14-16)25-23-26(31(2)29(36)32(3)28(23)35)27-24(17-12-13-21(34)22(15-17)37-4)30-19-10-5-6-11-20(19)33(25)27/h5-15,24,30,34H,1-4H3/t24-/m0/s1. The lowest BCUT2D eigenvalue weighted by Gasteiger charge is -2.31. The van der Waals surface area contributed by atoms with Crippen molar-refractivity contribution in [2.45, 2.75) is 13.0 Å². The number of aromatic nitrogens is 3. The molecule has 0 amide bonds. The lowest BCUT2D eigenvalue weighted by Crippen LogP contribution is -2.37. The molecule has 5 aromatic rings. The Hall–Kier alpha value is -4.72. The number of phenols is 1. The minimum Gasteiger partial charge on any atom is -0.504 e. The topological polar surface area (TPSA) is 90.4 Å². The SMILES string of the molecule is COc1cc([C@@H]2Nc3ccccc3-n3c(-c4cccc(C)c4)c4c(=O)n(C)c(=O)n(C)c4c32)ccc1O. The van der Waals surface area contributed by atoms with Crippen LogP contribution in [0.1, 0.15) is 22.9 Å². The third-order valence-electron chi connectivity index (χ3n) is 7.16. The predicted octanol–water partition coefficient (Wildman–Crippen LogP) is 4.23. The van der Waals surface area contributed by atoms with Crippen LogP contribution in [0.5, 0.6) is 11.5 Å². The van der Waals surface area contributed by atoms with E-state index in [1.54, 1.807) is 23.7 Å². The number of hydrogen-bond donors (Lipinski definition) is 2. The number of hydrogen-bond acceptors (Lipinski definition) is 5. The Labute approximate surface area is 212 Å². The van der Waals surface area contributed by atoms with E-state index >= 15 is 0 Å². The number of rotatable bonds is 3. The van der Waals surface area contributed by atoms with E-state index in [4.69, 9.17) is 4.74 Å². The van der Waals surface area contributed by atoms with Gasteiger partial charge in [-0.15, -0.1) is 0 Å².